The normalized spacial score (nSPS) is 15.3. The van der Waals surface area contributed by atoms with Crippen molar-refractivity contribution in [2.24, 2.45) is 4.99 Å². The summed E-state index contributed by atoms with van der Waals surface area (Å²) >= 11 is 4.74. The molecule has 0 fully saturated rings. The van der Waals surface area contributed by atoms with Crippen molar-refractivity contribution in [1.29, 1.82) is 0 Å². The second kappa shape index (κ2) is 7.99. The molecule has 1 aromatic heterocycles. The van der Waals surface area contributed by atoms with Crippen LogP contribution in [0, 0.1) is 5.82 Å². The summed E-state index contributed by atoms with van der Waals surface area (Å²) < 4.78 is 14.1. The van der Waals surface area contributed by atoms with E-state index in [1.807, 2.05) is 17.5 Å². The van der Waals surface area contributed by atoms with E-state index in [1.54, 1.807) is 35.2 Å². The van der Waals surface area contributed by atoms with Crippen molar-refractivity contribution in [3.05, 3.63) is 58.0 Å². The van der Waals surface area contributed by atoms with Gasteiger partial charge in [-0.1, -0.05) is 41.7 Å². The van der Waals surface area contributed by atoms with Gasteiger partial charge in [0.1, 0.15) is 10.2 Å². The van der Waals surface area contributed by atoms with Crippen LogP contribution in [0.3, 0.4) is 0 Å². The average molecular weight is 367 g/mol. The van der Waals surface area contributed by atoms with Gasteiger partial charge in [0.05, 0.1) is 18.3 Å². The lowest BCUT2D eigenvalue weighted by atomic mass is 10.1. The lowest BCUT2D eigenvalue weighted by Crippen LogP contribution is -2.30. The number of thioether (sulfide) groups is 2. The molecule has 1 aliphatic rings. The number of thiophene rings is 1. The number of nitrogens with one attached hydrogen (secondary N) is 1. The van der Waals surface area contributed by atoms with E-state index in [1.165, 1.54) is 23.9 Å². The zero-order valence-electron chi connectivity index (χ0n) is 12.2. The molecule has 2 heterocycles. The molecule has 0 saturated heterocycles. The third kappa shape index (κ3) is 4.59. The molecule has 1 amide bonds. The highest BCUT2D eigenvalue weighted by Gasteiger charge is 2.19. The van der Waals surface area contributed by atoms with E-state index in [4.69, 9.17) is 0 Å². The van der Waals surface area contributed by atoms with Crippen molar-refractivity contribution < 1.29 is 9.18 Å². The van der Waals surface area contributed by atoms with Gasteiger partial charge < -0.3 is 5.32 Å². The molecule has 7 heteroatoms. The number of aliphatic imine (C=N–C) groups is 1. The summed E-state index contributed by atoms with van der Waals surface area (Å²) in [5.74, 6) is 1.01. The van der Waals surface area contributed by atoms with Gasteiger partial charge in [-0.05, 0) is 29.1 Å². The SMILES string of the molecule is O=C(CSC1=NCCS1)N[C@@H](c1ccc(F)cc1)c1cccs1. The molecule has 0 radical (unpaired) electrons. The summed E-state index contributed by atoms with van der Waals surface area (Å²) in [6.45, 7) is 0.835. The van der Waals surface area contributed by atoms with E-state index in [-0.39, 0.29) is 17.8 Å². The molecule has 3 nitrogen and oxygen atoms in total. The molecular weight excluding hydrogens is 351 g/mol. The smallest absolute Gasteiger partial charge is 0.231 e. The number of carbonyl (C=O) groups excluding carboxylic acids is 1. The Bertz CT molecular complexity index is 686. The summed E-state index contributed by atoms with van der Waals surface area (Å²) in [5, 5.41) is 5.01. The van der Waals surface area contributed by atoms with Crippen molar-refractivity contribution >= 4 is 45.1 Å². The third-order valence-electron chi connectivity index (χ3n) is 3.22. The Kier molecular flexibility index (Phi) is 5.75. The van der Waals surface area contributed by atoms with Crippen molar-refractivity contribution in [3.8, 4) is 0 Å². The fraction of sp³-hybridized carbons (Fsp3) is 0.250. The molecule has 0 unspecified atom stereocenters. The zero-order valence-corrected chi connectivity index (χ0v) is 14.6. The predicted molar refractivity (Wildman–Crippen MR) is 97.9 cm³/mol. The van der Waals surface area contributed by atoms with Gasteiger partial charge in [-0.25, -0.2) is 4.39 Å². The van der Waals surface area contributed by atoms with Gasteiger partial charge >= 0.3 is 0 Å². The van der Waals surface area contributed by atoms with Gasteiger partial charge in [0, 0.05) is 10.6 Å². The van der Waals surface area contributed by atoms with Crippen LogP contribution in [-0.2, 0) is 4.79 Å². The van der Waals surface area contributed by atoms with E-state index in [0.717, 1.165) is 27.1 Å². The minimum absolute atomic E-state index is 0.0482. The highest BCUT2D eigenvalue weighted by atomic mass is 32.2. The molecule has 120 valence electrons. The Balaban J connectivity index is 1.68. The van der Waals surface area contributed by atoms with Crippen LogP contribution in [0.25, 0.3) is 0 Å². The van der Waals surface area contributed by atoms with Crippen LogP contribution in [0.5, 0.6) is 0 Å². The van der Waals surface area contributed by atoms with Gasteiger partial charge in [0.25, 0.3) is 0 Å². The van der Waals surface area contributed by atoms with Crippen LogP contribution in [0.15, 0.2) is 46.8 Å². The van der Waals surface area contributed by atoms with Crippen molar-refractivity contribution in [2.75, 3.05) is 18.1 Å². The minimum atomic E-state index is -0.281. The van der Waals surface area contributed by atoms with E-state index < -0.39 is 0 Å². The predicted octanol–water partition coefficient (Wildman–Crippen LogP) is 3.93. The number of nitrogens with zero attached hydrogens (tertiary/aromatic N) is 1. The molecule has 23 heavy (non-hydrogen) atoms. The third-order valence-corrected chi connectivity index (χ3v) is 6.41. The maximum absolute atomic E-state index is 13.1. The number of hydrogen-bond donors (Lipinski definition) is 1. The van der Waals surface area contributed by atoms with Crippen LogP contribution in [-0.4, -0.2) is 28.3 Å². The van der Waals surface area contributed by atoms with E-state index in [2.05, 4.69) is 10.3 Å². The maximum Gasteiger partial charge on any atom is 0.231 e. The minimum Gasteiger partial charge on any atom is -0.344 e. The molecule has 0 saturated carbocycles. The lowest BCUT2D eigenvalue weighted by molar-refractivity contribution is -0.119. The van der Waals surface area contributed by atoms with Crippen LogP contribution in [0.1, 0.15) is 16.5 Å². The lowest BCUT2D eigenvalue weighted by Gasteiger charge is -2.18. The molecule has 2 aromatic rings. The first-order valence-electron chi connectivity index (χ1n) is 7.10. The quantitative estimate of drug-likeness (QED) is 0.872. The Morgan fingerprint density at radius 2 is 2.17 bits per heavy atom. The molecular formula is C16H15FN2OS3. The summed E-state index contributed by atoms with van der Waals surface area (Å²) in [5.41, 5.74) is 0.875. The molecule has 3 rings (SSSR count). The summed E-state index contributed by atoms with van der Waals surface area (Å²) in [6.07, 6.45) is 0. The molecule has 1 N–H and O–H groups in total. The van der Waals surface area contributed by atoms with Gasteiger partial charge in [-0.2, -0.15) is 0 Å². The van der Waals surface area contributed by atoms with Crippen LogP contribution in [0.4, 0.5) is 4.39 Å². The van der Waals surface area contributed by atoms with Gasteiger partial charge in [0.2, 0.25) is 5.91 Å². The molecule has 1 aliphatic heterocycles. The van der Waals surface area contributed by atoms with Crippen molar-refractivity contribution in [1.82, 2.24) is 5.32 Å². The monoisotopic (exact) mass is 366 g/mol. The first-order valence-corrected chi connectivity index (χ1v) is 9.96. The topological polar surface area (TPSA) is 41.5 Å². The number of hydrogen-bond acceptors (Lipinski definition) is 5. The Labute approximate surface area is 146 Å². The average Bonchev–Trinajstić information content (AvgIpc) is 3.25. The molecule has 0 spiro atoms. The Morgan fingerprint density at radius 3 is 2.83 bits per heavy atom. The van der Waals surface area contributed by atoms with E-state index in [0.29, 0.717) is 5.75 Å². The van der Waals surface area contributed by atoms with Crippen LogP contribution < -0.4 is 5.32 Å². The second-order valence-electron chi connectivity index (χ2n) is 4.85. The summed E-state index contributed by atoms with van der Waals surface area (Å²) in [4.78, 5) is 17.6. The molecule has 1 aromatic carbocycles. The summed E-state index contributed by atoms with van der Waals surface area (Å²) in [7, 11) is 0. The van der Waals surface area contributed by atoms with Gasteiger partial charge in [-0.3, -0.25) is 9.79 Å². The molecule has 0 aliphatic carbocycles. The van der Waals surface area contributed by atoms with Crippen molar-refractivity contribution in [3.63, 3.8) is 0 Å². The fourth-order valence-corrected chi connectivity index (χ4v) is 4.79. The van der Waals surface area contributed by atoms with Gasteiger partial charge in [0.15, 0.2) is 0 Å². The van der Waals surface area contributed by atoms with Crippen LogP contribution >= 0.6 is 34.9 Å². The molecule has 0 bridgehead atoms. The number of amides is 1. The highest BCUT2D eigenvalue weighted by Crippen LogP contribution is 2.27. The Hall–Kier alpha value is -1.31. The second-order valence-corrected chi connectivity index (χ2v) is 8.14. The number of carbonyl (C=O) groups is 1. The number of benzene rings is 1. The first kappa shape index (κ1) is 16.5. The van der Waals surface area contributed by atoms with Crippen LogP contribution in [0.2, 0.25) is 0 Å². The standard InChI is InChI=1S/C16H15FN2OS3/c17-12-5-3-11(4-6-12)15(13-2-1-8-21-13)19-14(20)10-23-16-18-7-9-22-16/h1-6,8,15H,7,9-10H2,(H,19,20)/t15-/m0/s1. The van der Waals surface area contributed by atoms with E-state index >= 15 is 0 Å². The fourth-order valence-electron chi connectivity index (χ4n) is 2.16. The molecule has 1 atom stereocenters. The highest BCUT2D eigenvalue weighted by molar-refractivity contribution is 8.39. The first-order chi connectivity index (χ1) is 11.2. The van der Waals surface area contributed by atoms with Crippen molar-refractivity contribution in [2.45, 2.75) is 6.04 Å². The number of rotatable bonds is 5. The summed E-state index contributed by atoms with van der Waals surface area (Å²) in [6, 6.07) is 9.93. The zero-order chi connectivity index (χ0) is 16.1. The van der Waals surface area contributed by atoms with Gasteiger partial charge in [-0.15, -0.1) is 11.3 Å². The largest absolute Gasteiger partial charge is 0.344 e. The maximum atomic E-state index is 13.1. The number of halogens is 1. The van der Waals surface area contributed by atoms with E-state index in [9.17, 15) is 9.18 Å². The Morgan fingerprint density at radius 1 is 1.35 bits per heavy atom.